The molecule has 0 rings (SSSR count). The minimum Gasteiger partial charge on any atom is -0.468 e. The van der Waals surface area contributed by atoms with Gasteiger partial charge in [-0.2, -0.15) is 11.8 Å². The molecule has 0 fully saturated rings. The van der Waals surface area contributed by atoms with Gasteiger partial charge in [-0.3, -0.25) is 4.79 Å². The molecule has 0 aliphatic rings. The zero-order chi connectivity index (χ0) is 11.5. The van der Waals surface area contributed by atoms with Crippen LogP contribution in [0.5, 0.6) is 0 Å². The van der Waals surface area contributed by atoms with E-state index in [1.165, 1.54) is 7.11 Å². The van der Waals surface area contributed by atoms with E-state index >= 15 is 0 Å². The molecule has 1 atom stereocenters. The van der Waals surface area contributed by atoms with Gasteiger partial charge in [0.1, 0.15) is 6.04 Å². The second-order valence-electron chi connectivity index (χ2n) is 3.15. The third-order valence-corrected chi connectivity index (χ3v) is 2.91. The number of aliphatic hydroxyl groups excluding tert-OH is 1. The first-order valence-corrected chi connectivity index (χ1v) is 6.41. The highest BCUT2D eigenvalue weighted by Gasteiger charge is 2.17. The minimum absolute atomic E-state index is 0.190. The van der Waals surface area contributed by atoms with E-state index in [1.807, 2.05) is 0 Å². The van der Waals surface area contributed by atoms with Gasteiger partial charge in [0.05, 0.1) is 13.7 Å². The predicted octanol–water partition coefficient (Wildman–Crippen LogP) is 0.643. The number of nitrogens with one attached hydrogen (secondary N) is 1. The van der Waals surface area contributed by atoms with E-state index in [0.29, 0.717) is 0 Å². The van der Waals surface area contributed by atoms with Crippen molar-refractivity contribution in [1.29, 1.82) is 0 Å². The van der Waals surface area contributed by atoms with Crippen molar-refractivity contribution >= 4 is 17.7 Å². The SMILES string of the molecule is CCCNC(CCSCCO)C(=O)OC. The first-order valence-electron chi connectivity index (χ1n) is 5.26. The number of rotatable bonds is 9. The first-order chi connectivity index (χ1) is 7.26. The van der Waals surface area contributed by atoms with Crippen LogP contribution in [-0.4, -0.2) is 48.9 Å². The van der Waals surface area contributed by atoms with Crippen molar-refractivity contribution in [2.45, 2.75) is 25.8 Å². The zero-order valence-electron chi connectivity index (χ0n) is 9.49. The number of thioether (sulfide) groups is 1. The van der Waals surface area contributed by atoms with Crippen LogP contribution in [0.4, 0.5) is 0 Å². The van der Waals surface area contributed by atoms with Gasteiger partial charge in [-0.1, -0.05) is 6.92 Å². The van der Waals surface area contributed by atoms with Crippen molar-refractivity contribution < 1.29 is 14.6 Å². The van der Waals surface area contributed by atoms with Gasteiger partial charge in [-0.15, -0.1) is 0 Å². The Hall–Kier alpha value is -0.260. The predicted molar refractivity (Wildman–Crippen MR) is 63.1 cm³/mol. The standard InChI is InChI=1S/C10H21NO3S/c1-3-5-11-9(10(13)14-2)4-7-15-8-6-12/h9,11-12H,3-8H2,1-2H3. The zero-order valence-corrected chi connectivity index (χ0v) is 10.3. The third kappa shape index (κ3) is 7.64. The topological polar surface area (TPSA) is 58.6 Å². The van der Waals surface area contributed by atoms with Gasteiger partial charge >= 0.3 is 5.97 Å². The number of hydrogen-bond donors (Lipinski definition) is 2. The van der Waals surface area contributed by atoms with E-state index in [9.17, 15) is 4.79 Å². The molecule has 0 spiro atoms. The molecule has 5 heteroatoms. The Labute approximate surface area is 95.8 Å². The van der Waals surface area contributed by atoms with Crippen LogP contribution in [0.15, 0.2) is 0 Å². The van der Waals surface area contributed by atoms with Crippen molar-refractivity contribution in [3.63, 3.8) is 0 Å². The highest BCUT2D eigenvalue weighted by molar-refractivity contribution is 7.99. The number of methoxy groups -OCH3 is 1. The largest absolute Gasteiger partial charge is 0.468 e. The van der Waals surface area contributed by atoms with Crippen LogP contribution in [-0.2, 0) is 9.53 Å². The number of aliphatic hydroxyl groups is 1. The number of carbonyl (C=O) groups excluding carboxylic acids is 1. The van der Waals surface area contributed by atoms with E-state index in [2.05, 4.69) is 12.2 Å². The fraction of sp³-hybridized carbons (Fsp3) is 0.900. The normalized spacial score (nSPS) is 12.5. The minimum atomic E-state index is -0.207. The lowest BCUT2D eigenvalue weighted by Gasteiger charge is -2.15. The maximum atomic E-state index is 11.3. The van der Waals surface area contributed by atoms with E-state index in [1.54, 1.807) is 11.8 Å². The van der Waals surface area contributed by atoms with Crippen molar-refractivity contribution in [1.82, 2.24) is 5.32 Å². The maximum absolute atomic E-state index is 11.3. The van der Waals surface area contributed by atoms with Crippen LogP contribution in [0.25, 0.3) is 0 Å². The van der Waals surface area contributed by atoms with Gasteiger partial charge < -0.3 is 15.2 Å². The van der Waals surface area contributed by atoms with Gasteiger partial charge in [0.15, 0.2) is 0 Å². The fourth-order valence-electron chi connectivity index (χ4n) is 1.13. The van der Waals surface area contributed by atoms with Crippen LogP contribution in [0, 0.1) is 0 Å². The van der Waals surface area contributed by atoms with E-state index in [-0.39, 0.29) is 18.6 Å². The lowest BCUT2D eigenvalue weighted by molar-refractivity contribution is -0.143. The number of carbonyl (C=O) groups is 1. The molecule has 2 N–H and O–H groups in total. The fourth-order valence-corrected chi connectivity index (χ4v) is 1.87. The molecule has 0 aromatic rings. The van der Waals surface area contributed by atoms with Crippen molar-refractivity contribution in [3.8, 4) is 0 Å². The van der Waals surface area contributed by atoms with E-state index in [4.69, 9.17) is 9.84 Å². The van der Waals surface area contributed by atoms with E-state index < -0.39 is 0 Å². The number of hydrogen-bond acceptors (Lipinski definition) is 5. The summed E-state index contributed by atoms with van der Waals surface area (Å²) in [6, 6.07) is -0.207. The summed E-state index contributed by atoms with van der Waals surface area (Å²) in [4.78, 5) is 11.3. The molecule has 0 saturated carbocycles. The Kier molecular flexibility index (Phi) is 10.1. The molecule has 0 aliphatic heterocycles. The Bertz CT molecular complexity index is 167. The highest BCUT2D eigenvalue weighted by Crippen LogP contribution is 2.05. The molecule has 0 heterocycles. The summed E-state index contributed by atoms with van der Waals surface area (Å²) >= 11 is 1.65. The Morgan fingerprint density at radius 2 is 2.27 bits per heavy atom. The van der Waals surface area contributed by atoms with Crippen LogP contribution in [0.2, 0.25) is 0 Å². The van der Waals surface area contributed by atoms with Crippen LogP contribution < -0.4 is 5.32 Å². The van der Waals surface area contributed by atoms with E-state index in [0.717, 1.165) is 30.9 Å². The maximum Gasteiger partial charge on any atom is 0.322 e. The Morgan fingerprint density at radius 1 is 1.53 bits per heavy atom. The first kappa shape index (κ1) is 14.7. The molecule has 0 saturated heterocycles. The Balaban J connectivity index is 3.74. The molecule has 0 aromatic carbocycles. The molecule has 0 radical (unpaired) electrons. The number of ether oxygens (including phenoxy) is 1. The van der Waals surface area contributed by atoms with Gasteiger partial charge in [0.25, 0.3) is 0 Å². The molecule has 90 valence electrons. The second-order valence-corrected chi connectivity index (χ2v) is 4.38. The van der Waals surface area contributed by atoms with Crippen molar-refractivity contribution in [2.24, 2.45) is 0 Å². The average Bonchev–Trinajstić information content (AvgIpc) is 2.27. The molecule has 0 bridgehead atoms. The van der Waals surface area contributed by atoms with Gasteiger partial charge in [0, 0.05) is 5.75 Å². The quantitative estimate of drug-likeness (QED) is 0.454. The van der Waals surface area contributed by atoms with Gasteiger partial charge in [-0.25, -0.2) is 0 Å². The smallest absolute Gasteiger partial charge is 0.322 e. The molecule has 4 nitrogen and oxygen atoms in total. The molecule has 1 unspecified atom stereocenters. The summed E-state index contributed by atoms with van der Waals surface area (Å²) < 4.78 is 4.71. The second kappa shape index (κ2) is 10.3. The monoisotopic (exact) mass is 235 g/mol. The highest BCUT2D eigenvalue weighted by atomic mass is 32.2. The average molecular weight is 235 g/mol. The third-order valence-electron chi connectivity index (χ3n) is 1.91. The molecule has 0 aromatic heterocycles. The molecule has 0 aliphatic carbocycles. The molecule has 0 amide bonds. The lowest BCUT2D eigenvalue weighted by atomic mass is 10.2. The van der Waals surface area contributed by atoms with Crippen LogP contribution in [0.3, 0.4) is 0 Å². The number of esters is 1. The summed E-state index contributed by atoms with van der Waals surface area (Å²) in [6.45, 7) is 3.07. The van der Waals surface area contributed by atoms with Crippen molar-refractivity contribution in [3.05, 3.63) is 0 Å². The Morgan fingerprint density at radius 3 is 2.80 bits per heavy atom. The summed E-state index contributed by atoms with van der Waals surface area (Å²) in [5, 5.41) is 11.7. The van der Waals surface area contributed by atoms with Crippen LogP contribution >= 0.6 is 11.8 Å². The summed E-state index contributed by atoms with van der Waals surface area (Å²) in [6.07, 6.45) is 1.74. The summed E-state index contributed by atoms with van der Waals surface area (Å²) in [7, 11) is 1.41. The summed E-state index contributed by atoms with van der Waals surface area (Å²) in [5.74, 6) is 1.38. The molecule has 15 heavy (non-hydrogen) atoms. The molecular weight excluding hydrogens is 214 g/mol. The van der Waals surface area contributed by atoms with Gasteiger partial charge in [0.2, 0.25) is 0 Å². The summed E-state index contributed by atoms with van der Waals surface area (Å²) in [5.41, 5.74) is 0. The molecular formula is C10H21NO3S. The van der Waals surface area contributed by atoms with Gasteiger partial charge in [-0.05, 0) is 25.1 Å². The van der Waals surface area contributed by atoms with Crippen molar-refractivity contribution in [2.75, 3.05) is 31.8 Å². The van der Waals surface area contributed by atoms with Crippen LogP contribution in [0.1, 0.15) is 19.8 Å². The lowest BCUT2D eigenvalue weighted by Crippen LogP contribution is -2.38.